The van der Waals surface area contributed by atoms with Gasteiger partial charge in [-0.2, -0.15) is 0 Å². The van der Waals surface area contributed by atoms with E-state index >= 15 is 0 Å². The second kappa shape index (κ2) is 9.06. The minimum absolute atomic E-state index is 0.0609. The fourth-order valence-electron chi connectivity index (χ4n) is 4.47. The second-order valence-corrected chi connectivity index (χ2v) is 8.67. The second-order valence-electron chi connectivity index (χ2n) is 8.67. The van der Waals surface area contributed by atoms with Gasteiger partial charge in [0.2, 0.25) is 0 Å². The molecule has 5 nitrogen and oxygen atoms in total. The van der Waals surface area contributed by atoms with Crippen molar-refractivity contribution in [2.45, 2.75) is 46.1 Å². The number of likely N-dealkylation sites (tertiary alicyclic amines) is 1. The number of nitrogens with one attached hydrogen (secondary N) is 1. The van der Waals surface area contributed by atoms with Gasteiger partial charge in [-0.05, 0) is 69.5 Å². The molecular weight excluding hydrogens is 388 g/mol. The minimum atomic E-state index is -0.354. The number of hydrogen-bond donors (Lipinski definition) is 1. The third kappa shape index (κ3) is 4.72. The van der Waals surface area contributed by atoms with Gasteiger partial charge in [0.1, 0.15) is 5.58 Å². The van der Waals surface area contributed by atoms with Crippen LogP contribution in [0.1, 0.15) is 58.1 Å². The lowest BCUT2D eigenvalue weighted by molar-refractivity contribution is 0.0897. The number of fused-ring (bicyclic) bond motifs is 1. The van der Waals surface area contributed by atoms with E-state index in [9.17, 15) is 9.59 Å². The van der Waals surface area contributed by atoms with Crippen molar-refractivity contribution < 1.29 is 9.21 Å². The summed E-state index contributed by atoms with van der Waals surface area (Å²) in [6.45, 7) is 8.43. The van der Waals surface area contributed by atoms with E-state index in [0.29, 0.717) is 17.5 Å². The van der Waals surface area contributed by atoms with E-state index in [0.717, 1.165) is 24.2 Å². The number of hydrogen-bond acceptors (Lipinski definition) is 4. The van der Waals surface area contributed by atoms with Crippen molar-refractivity contribution in [2.75, 3.05) is 19.6 Å². The molecule has 0 aliphatic carbocycles. The van der Waals surface area contributed by atoms with E-state index in [4.69, 9.17) is 4.42 Å². The van der Waals surface area contributed by atoms with Gasteiger partial charge in [0.25, 0.3) is 5.91 Å². The van der Waals surface area contributed by atoms with Gasteiger partial charge in [-0.25, -0.2) is 0 Å². The number of rotatable bonds is 5. The Kier molecular flexibility index (Phi) is 6.23. The van der Waals surface area contributed by atoms with Crippen LogP contribution >= 0.6 is 0 Å². The summed E-state index contributed by atoms with van der Waals surface area (Å²) in [6.07, 6.45) is 3.60. The van der Waals surface area contributed by atoms with E-state index in [2.05, 4.69) is 41.4 Å². The van der Waals surface area contributed by atoms with E-state index in [1.165, 1.54) is 36.5 Å². The van der Waals surface area contributed by atoms with Gasteiger partial charge in [0.05, 0.1) is 11.4 Å². The van der Waals surface area contributed by atoms with Gasteiger partial charge in [0.15, 0.2) is 11.2 Å². The highest BCUT2D eigenvalue weighted by molar-refractivity contribution is 5.93. The van der Waals surface area contributed by atoms with E-state index < -0.39 is 0 Å². The van der Waals surface area contributed by atoms with Crippen LogP contribution in [-0.2, 0) is 0 Å². The summed E-state index contributed by atoms with van der Waals surface area (Å²) in [6, 6.07) is 13.7. The molecule has 4 rings (SSSR count). The average molecular weight is 419 g/mol. The minimum Gasteiger partial charge on any atom is -0.450 e. The Hall–Kier alpha value is -2.92. The van der Waals surface area contributed by atoms with Gasteiger partial charge in [-0.3, -0.25) is 14.5 Å². The van der Waals surface area contributed by atoms with Crippen molar-refractivity contribution in [1.82, 2.24) is 10.2 Å². The van der Waals surface area contributed by atoms with Crippen molar-refractivity contribution in [3.05, 3.63) is 80.7 Å². The van der Waals surface area contributed by atoms with Crippen LogP contribution in [-0.4, -0.2) is 30.4 Å². The number of carbonyl (C=O) groups excluding carboxylic acids is 1. The zero-order chi connectivity index (χ0) is 22.0. The predicted molar refractivity (Wildman–Crippen MR) is 124 cm³/mol. The third-order valence-electron chi connectivity index (χ3n) is 6.13. The molecule has 0 spiro atoms. The number of amides is 1. The van der Waals surface area contributed by atoms with Gasteiger partial charge < -0.3 is 9.73 Å². The SMILES string of the molecule is Cc1ccc(C(CNC(=O)c2cc(=O)c3cc(C)cc(C)c3o2)N2CCCCC2)cc1. The summed E-state index contributed by atoms with van der Waals surface area (Å²) in [7, 11) is 0. The Morgan fingerprint density at radius 2 is 1.71 bits per heavy atom. The molecule has 0 bridgehead atoms. The van der Waals surface area contributed by atoms with Crippen molar-refractivity contribution in [3.8, 4) is 0 Å². The van der Waals surface area contributed by atoms with Crippen molar-refractivity contribution >= 4 is 16.9 Å². The quantitative estimate of drug-likeness (QED) is 0.654. The molecule has 1 fully saturated rings. The molecule has 162 valence electrons. The zero-order valence-corrected chi connectivity index (χ0v) is 18.5. The smallest absolute Gasteiger partial charge is 0.287 e. The first-order valence-electron chi connectivity index (χ1n) is 11.1. The molecule has 1 aliphatic rings. The largest absolute Gasteiger partial charge is 0.450 e. The molecular formula is C26H30N2O3. The first kappa shape index (κ1) is 21.3. The molecule has 1 saturated heterocycles. The summed E-state index contributed by atoms with van der Waals surface area (Å²) in [5.41, 5.74) is 4.55. The maximum absolute atomic E-state index is 12.9. The molecule has 1 aliphatic heterocycles. The monoisotopic (exact) mass is 418 g/mol. The highest BCUT2D eigenvalue weighted by Gasteiger charge is 2.24. The van der Waals surface area contributed by atoms with Crippen LogP contribution in [0.5, 0.6) is 0 Å². The molecule has 1 atom stereocenters. The number of piperidine rings is 1. The van der Waals surface area contributed by atoms with E-state index in [1.54, 1.807) is 6.07 Å². The average Bonchev–Trinajstić information content (AvgIpc) is 2.76. The third-order valence-corrected chi connectivity index (χ3v) is 6.13. The molecule has 0 radical (unpaired) electrons. The Labute approximate surface area is 183 Å². The molecule has 5 heteroatoms. The van der Waals surface area contributed by atoms with Crippen LogP contribution < -0.4 is 10.7 Å². The summed E-state index contributed by atoms with van der Waals surface area (Å²) in [5.74, 6) is -0.293. The summed E-state index contributed by atoms with van der Waals surface area (Å²) < 4.78 is 5.86. The summed E-state index contributed by atoms with van der Waals surface area (Å²) in [5, 5.41) is 3.53. The first-order chi connectivity index (χ1) is 14.9. The highest BCUT2D eigenvalue weighted by atomic mass is 16.3. The molecule has 1 N–H and O–H groups in total. The van der Waals surface area contributed by atoms with Gasteiger partial charge in [0, 0.05) is 12.6 Å². The zero-order valence-electron chi connectivity index (χ0n) is 18.5. The number of nitrogens with zero attached hydrogens (tertiary/aromatic N) is 1. The Morgan fingerprint density at radius 1 is 1.00 bits per heavy atom. The molecule has 3 aromatic rings. The van der Waals surface area contributed by atoms with Crippen LogP contribution in [0.15, 0.2) is 51.7 Å². The number of aryl methyl sites for hydroxylation is 3. The molecule has 1 amide bonds. The molecule has 31 heavy (non-hydrogen) atoms. The Balaban J connectivity index is 1.57. The van der Waals surface area contributed by atoms with E-state index in [1.807, 2.05) is 19.9 Å². The van der Waals surface area contributed by atoms with Crippen molar-refractivity contribution in [3.63, 3.8) is 0 Å². The van der Waals surface area contributed by atoms with Crippen LogP contribution in [0, 0.1) is 20.8 Å². The Morgan fingerprint density at radius 3 is 2.42 bits per heavy atom. The standard InChI is InChI=1S/C26H30N2O3/c1-17-7-9-20(10-8-17)22(28-11-5-4-6-12-28)16-27-26(30)24-15-23(29)21-14-18(2)13-19(3)25(21)31-24/h7-10,13-15,22H,4-6,11-12,16H2,1-3H3,(H,27,30). The molecule has 2 aromatic carbocycles. The van der Waals surface area contributed by atoms with Crippen molar-refractivity contribution in [2.24, 2.45) is 0 Å². The summed E-state index contributed by atoms with van der Waals surface area (Å²) in [4.78, 5) is 28.0. The van der Waals surface area contributed by atoms with Gasteiger partial charge >= 0.3 is 0 Å². The van der Waals surface area contributed by atoms with Gasteiger partial charge in [-0.15, -0.1) is 0 Å². The normalized spacial score (nSPS) is 15.7. The fourth-order valence-corrected chi connectivity index (χ4v) is 4.47. The molecule has 0 saturated carbocycles. The van der Waals surface area contributed by atoms with Crippen molar-refractivity contribution in [1.29, 1.82) is 0 Å². The van der Waals surface area contributed by atoms with Crippen LogP contribution in [0.25, 0.3) is 11.0 Å². The van der Waals surface area contributed by atoms with Crippen LogP contribution in [0.3, 0.4) is 0 Å². The molecule has 1 aromatic heterocycles. The fraction of sp³-hybridized carbons (Fsp3) is 0.385. The lowest BCUT2D eigenvalue weighted by Gasteiger charge is -2.35. The van der Waals surface area contributed by atoms with Crippen LogP contribution in [0.4, 0.5) is 0 Å². The van der Waals surface area contributed by atoms with Gasteiger partial charge in [-0.1, -0.05) is 42.3 Å². The number of carbonyl (C=O) groups is 1. The topological polar surface area (TPSA) is 62.6 Å². The maximum atomic E-state index is 12.9. The summed E-state index contributed by atoms with van der Waals surface area (Å²) >= 11 is 0. The lowest BCUT2D eigenvalue weighted by Crippen LogP contribution is -2.40. The Bertz CT molecular complexity index is 1140. The first-order valence-corrected chi connectivity index (χ1v) is 11.1. The highest BCUT2D eigenvalue weighted by Crippen LogP contribution is 2.25. The lowest BCUT2D eigenvalue weighted by atomic mass is 10.0. The maximum Gasteiger partial charge on any atom is 0.287 e. The van der Waals surface area contributed by atoms with Crippen LogP contribution in [0.2, 0.25) is 0 Å². The number of benzene rings is 2. The predicted octanol–water partition coefficient (Wildman–Crippen LogP) is 4.68. The van der Waals surface area contributed by atoms with E-state index in [-0.39, 0.29) is 23.1 Å². The molecule has 2 heterocycles. The molecule has 1 unspecified atom stereocenters.